The highest BCUT2D eigenvalue weighted by Crippen LogP contribution is 2.50. The molecule has 8 heteroatoms. The average Bonchev–Trinajstić information content (AvgIpc) is 3.38. The summed E-state index contributed by atoms with van der Waals surface area (Å²) in [5.41, 5.74) is 1.86. The molecule has 2 fully saturated rings. The monoisotopic (exact) mass is 517 g/mol. The van der Waals surface area contributed by atoms with Crippen LogP contribution in [0, 0.1) is 5.41 Å². The summed E-state index contributed by atoms with van der Waals surface area (Å²) in [7, 11) is 2.07. The normalized spacial score (nSPS) is 19.7. The van der Waals surface area contributed by atoms with E-state index in [1.807, 2.05) is 66.2 Å². The molecule has 0 aliphatic carbocycles. The van der Waals surface area contributed by atoms with Crippen LogP contribution in [0.15, 0.2) is 55.2 Å². The number of imidazole rings is 1. The number of pyridine rings is 1. The highest BCUT2D eigenvalue weighted by molar-refractivity contribution is 5.73. The quantitative estimate of drug-likeness (QED) is 0.511. The molecular formula is C30H39N5O3. The fraction of sp³-hybridized carbons (Fsp3) is 0.500. The van der Waals surface area contributed by atoms with Gasteiger partial charge in [-0.3, -0.25) is 9.78 Å². The second-order valence-corrected chi connectivity index (χ2v) is 11.6. The van der Waals surface area contributed by atoms with E-state index >= 15 is 0 Å². The van der Waals surface area contributed by atoms with Crippen LogP contribution in [0.3, 0.4) is 0 Å². The Morgan fingerprint density at radius 3 is 2.42 bits per heavy atom. The minimum Gasteiger partial charge on any atom is -0.491 e. The third kappa shape index (κ3) is 4.83. The summed E-state index contributed by atoms with van der Waals surface area (Å²) >= 11 is 0. The van der Waals surface area contributed by atoms with Crippen molar-refractivity contribution >= 4 is 5.91 Å². The number of hydrogen-bond acceptors (Lipinski definition) is 6. The number of likely N-dealkylation sites (tertiary alicyclic amines) is 2. The molecule has 5 rings (SSSR count). The van der Waals surface area contributed by atoms with E-state index in [4.69, 9.17) is 9.72 Å². The van der Waals surface area contributed by atoms with Crippen molar-refractivity contribution in [3.05, 3.63) is 72.1 Å². The van der Waals surface area contributed by atoms with Gasteiger partial charge < -0.3 is 24.2 Å². The van der Waals surface area contributed by atoms with Crippen molar-refractivity contribution in [1.82, 2.24) is 24.3 Å². The van der Waals surface area contributed by atoms with Crippen molar-refractivity contribution in [3.8, 4) is 11.4 Å². The van der Waals surface area contributed by atoms with Crippen LogP contribution in [0.25, 0.3) is 5.69 Å². The number of hydrogen-bond donors (Lipinski definition) is 1. The van der Waals surface area contributed by atoms with E-state index in [1.165, 1.54) is 0 Å². The number of piperidine rings is 1. The molecule has 1 atom stereocenters. The maximum Gasteiger partial charge on any atom is 0.219 e. The zero-order valence-electron chi connectivity index (χ0n) is 23.1. The van der Waals surface area contributed by atoms with Gasteiger partial charge in [0.05, 0.1) is 30.0 Å². The van der Waals surface area contributed by atoms with Gasteiger partial charge in [0.25, 0.3) is 0 Å². The molecule has 0 unspecified atom stereocenters. The van der Waals surface area contributed by atoms with Crippen molar-refractivity contribution < 1.29 is 14.6 Å². The highest BCUT2D eigenvalue weighted by atomic mass is 16.5. The lowest BCUT2D eigenvalue weighted by molar-refractivity contribution is -0.129. The largest absolute Gasteiger partial charge is 0.491 e. The number of benzene rings is 1. The topological polar surface area (TPSA) is 83.7 Å². The van der Waals surface area contributed by atoms with Crippen molar-refractivity contribution in [1.29, 1.82) is 0 Å². The lowest BCUT2D eigenvalue weighted by atomic mass is 9.62. The number of ether oxygens (including phenoxy) is 1. The van der Waals surface area contributed by atoms with Gasteiger partial charge in [0, 0.05) is 62.4 Å². The summed E-state index contributed by atoms with van der Waals surface area (Å²) in [6.45, 7) is 10.9. The second-order valence-electron chi connectivity index (χ2n) is 11.6. The first kappa shape index (κ1) is 26.4. The van der Waals surface area contributed by atoms with Crippen LogP contribution in [0.4, 0.5) is 0 Å². The number of aromatic nitrogens is 3. The standard InChI is InChI=1S/C30H39N5O3/c1-21(2)38-27-8-6-24(7-9-27)30(37,29(4)18-33(5)19-29)25-14-26(16-31-15-25)35-17-28(32-20-35)23-10-12-34(13-11-23)22(3)36/h6-9,14-17,20-21,23,37H,10-13,18-19H2,1-5H3/t30-/m0/s1. The SMILES string of the molecule is CC(=O)N1CCC(c2cn(-c3cncc([C@@](O)(c4ccc(OC(C)C)cc4)C4(C)CN(C)C4)c3)cn2)CC1. The number of nitrogens with zero attached hydrogens (tertiary/aromatic N) is 5. The van der Waals surface area contributed by atoms with E-state index < -0.39 is 5.60 Å². The van der Waals surface area contributed by atoms with Gasteiger partial charge in [-0.1, -0.05) is 19.1 Å². The molecular weight excluding hydrogens is 478 g/mol. The molecule has 38 heavy (non-hydrogen) atoms. The molecule has 202 valence electrons. The van der Waals surface area contributed by atoms with Gasteiger partial charge in [0.2, 0.25) is 5.91 Å². The summed E-state index contributed by atoms with van der Waals surface area (Å²) < 4.78 is 7.83. The molecule has 0 spiro atoms. The number of aliphatic hydroxyl groups is 1. The Kier molecular flexibility index (Phi) is 7.05. The first-order valence-corrected chi connectivity index (χ1v) is 13.5. The van der Waals surface area contributed by atoms with Gasteiger partial charge in [-0.2, -0.15) is 0 Å². The molecule has 2 saturated heterocycles. The zero-order valence-corrected chi connectivity index (χ0v) is 23.1. The van der Waals surface area contributed by atoms with E-state index in [0.29, 0.717) is 5.92 Å². The van der Waals surface area contributed by atoms with Crippen LogP contribution in [-0.4, -0.2) is 74.7 Å². The van der Waals surface area contributed by atoms with Gasteiger partial charge in [-0.15, -0.1) is 0 Å². The molecule has 0 radical (unpaired) electrons. The van der Waals surface area contributed by atoms with E-state index in [-0.39, 0.29) is 17.4 Å². The first-order valence-electron chi connectivity index (χ1n) is 13.5. The summed E-state index contributed by atoms with van der Waals surface area (Å²) in [4.78, 5) is 25.1. The average molecular weight is 518 g/mol. The van der Waals surface area contributed by atoms with Crippen molar-refractivity contribution in [2.24, 2.45) is 5.41 Å². The Labute approximate surface area is 225 Å². The Bertz CT molecular complexity index is 1270. The third-order valence-corrected chi connectivity index (χ3v) is 8.16. The van der Waals surface area contributed by atoms with E-state index in [2.05, 4.69) is 30.1 Å². The lowest BCUT2D eigenvalue weighted by Gasteiger charge is -2.55. The predicted molar refractivity (Wildman–Crippen MR) is 146 cm³/mol. The number of amides is 1. The Hall–Kier alpha value is -3.23. The molecule has 0 saturated carbocycles. The van der Waals surface area contributed by atoms with Gasteiger partial charge in [0.1, 0.15) is 11.4 Å². The molecule has 0 bridgehead atoms. The van der Waals surface area contributed by atoms with Crippen molar-refractivity contribution in [2.45, 2.75) is 58.2 Å². The molecule has 3 aromatic rings. The third-order valence-electron chi connectivity index (χ3n) is 8.16. The molecule has 4 heterocycles. The Morgan fingerprint density at radius 2 is 1.82 bits per heavy atom. The summed E-state index contributed by atoms with van der Waals surface area (Å²) in [5, 5.41) is 12.5. The number of carbonyl (C=O) groups excluding carboxylic acids is 1. The van der Waals surface area contributed by atoms with Crippen LogP contribution in [0.5, 0.6) is 5.75 Å². The minimum absolute atomic E-state index is 0.0835. The lowest BCUT2D eigenvalue weighted by Crippen LogP contribution is -2.63. The molecule has 2 aliphatic heterocycles. The second kappa shape index (κ2) is 10.2. The molecule has 2 aliphatic rings. The van der Waals surface area contributed by atoms with Gasteiger partial charge >= 0.3 is 0 Å². The van der Waals surface area contributed by atoms with Crippen LogP contribution < -0.4 is 4.74 Å². The smallest absolute Gasteiger partial charge is 0.219 e. The zero-order chi connectivity index (χ0) is 27.1. The predicted octanol–water partition coefficient (Wildman–Crippen LogP) is 3.97. The van der Waals surface area contributed by atoms with Crippen LogP contribution >= 0.6 is 0 Å². The fourth-order valence-electron chi connectivity index (χ4n) is 6.23. The van der Waals surface area contributed by atoms with Crippen molar-refractivity contribution in [3.63, 3.8) is 0 Å². The summed E-state index contributed by atoms with van der Waals surface area (Å²) in [5.74, 6) is 1.25. The summed E-state index contributed by atoms with van der Waals surface area (Å²) in [6.07, 6.45) is 9.38. The van der Waals surface area contributed by atoms with E-state index in [9.17, 15) is 9.90 Å². The van der Waals surface area contributed by atoms with Gasteiger partial charge in [-0.25, -0.2) is 4.98 Å². The van der Waals surface area contributed by atoms with Crippen LogP contribution in [0.1, 0.15) is 63.3 Å². The number of rotatable bonds is 7. The molecule has 1 amide bonds. The fourth-order valence-corrected chi connectivity index (χ4v) is 6.23. The maximum absolute atomic E-state index is 12.5. The number of carbonyl (C=O) groups is 1. The Balaban J connectivity index is 1.45. The summed E-state index contributed by atoms with van der Waals surface area (Å²) in [6, 6.07) is 9.83. The van der Waals surface area contributed by atoms with Crippen LogP contribution in [-0.2, 0) is 10.4 Å². The molecule has 8 nitrogen and oxygen atoms in total. The molecule has 1 N–H and O–H groups in total. The van der Waals surface area contributed by atoms with Crippen LogP contribution in [0.2, 0.25) is 0 Å². The molecule has 2 aromatic heterocycles. The Morgan fingerprint density at radius 1 is 1.13 bits per heavy atom. The first-order chi connectivity index (χ1) is 18.1. The van der Waals surface area contributed by atoms with Gasteiger partial charge in [0.15, 0.2) is 0 Å². The van der Waals surface area contributed by atoms with E-state index in [0.717, 1.165) is 67.3 Å². The van der Waals surface area contributed by atoms with Gasteiger partial charge in [-0.05, 0) is 57.5 Å². The minimum atomic E-state index is -1.23. The molecule has 1 aromatic carbocycles. The van der Waals surface area contributed by atoms with Crippen molar-refractivity contribution in [2.75, 3.05) is 33.2 Å². The van der Waals surface area contributed by atoms with E-state index in [1.54, 1.807) is 13.1 Å². The highest BCUT2D eigenvalue weighted by Gasteiger charge is 2.55. The maximum atomic E-state index is 12.5.